The summed E-state index contributed by atoms with van der Waals surface area (Å²) in [6, 6.07) is 6.62. The fourth-order valence-corrected chi connectivity index (χ4v) is 1.65. The molecule has 2 N–H and O–H groups in total. The molecule has 96 valence electrons. The average molecular weight is 240 g/mol. The molecule has 0 saturated carbocycles. The third-order valence-electron chi connectivity index (χ3n) is 2.61. The summed E-state index contributed by atoms with van der Waals surface area (Å²) in [5, 5.41) is 0. The molecule has 0 aliphatic rings. The number of methoxy groups -OCH3 is 1. The highest BCUT2D eigenvalue weighted by Crippen LogP contribution is 2.07. The third kappa shape index (κ3) is 5.77. The Bertz CT molecular complexity index is 295. The van der Waals surface area contributed by atoms with E-state index in [2.05, 4.69) is 4.90 Å². The van der Waals surface area contributed by atoms with Crippen LogP contribution in [0.15, 0.2) is 24.3 Å². The van der Waals surface area contributed by atoms with Gasteiger partial charge >= 0.3 is 0 Å². The lowest BCUT2D eigenvalue weighted by Crippen LogP contribution is -2.29. The van der Waals surface area contributed by atoms with Crippen molar-refractivity contribution in [2.75, 3.05) is 33.4 Å². The maximum absolute atomic E-state index is 12.8. The summed E-state index contributed by atoms with van der Waals surface area (Å²) in [5.41, 5.74) is 6.62. The van der Waals surface area contributed by atoms with E-state index in [4.69, 9.17) is 10.5 Å². The molecule has 17 heavy (non-hydrogen) atoms. The van der Waals surface area contributed by atoms with Gasteiger partial charge in [-0.3, -0.25) is 4.90 Å². The molecule has 0 bridgehead atoms. The fourth-order valence-electron chi connectivity index (χ4n) is 1.65. The van der Waals surface area contributed by atoms with Gasteiger partial charge in [-0.2, -0.15) is 0 Å². The molecule has 1 aromatic rings. The summed E-state index contributed by atoms with van der Waals surface area (Å²) in [6.07, 6.45) is 0.963. The minimum absolute atomic E-state index is 0.195. The molecule has 0 fully saturated rings. The lowest BCUT2D eigenvalue weighted by atomic mass is 10.2. The summed E-state index contributed by atoms with van der Waals surface area (Å²) in [6.45, 7) is 4.01. The molecule has 1 rings (SSSR count). The minimum atomic E-state index is -0.195. The van der Waals surface area contributed by atoms with Gasteiger partial charge in [-0.15, -0.1) is 0 Å². The molecule has 0 heterocycles. The second-order valence-electron chi connectivity index (χ2n) is 4.04. The Morgan fingerprint density at radius 1 is 1.24 bits per heavy atom. The predicted octanol–water partition coefficient (Wildman–Crippen LogP) is 1.62. The van der Waals surface area contributed by atoms with E-state index < -0.39 is 0 Å². The molecule has 4 heteroatoms. The number of benzene rings is 1. The molecule has 0 atom stereocenters. The third-order valence-corrected chi connectivity index (χ3v) is 2.61. The standard InChI is InChI=1S/C13H21FN2O/c1-17-10-9-16(8-2-7-15)11-12-3-5-13(14)6-4-12/h3-6H,2,7-11,15H2,1H3. The lowest BCUT2D eigenvalue weighted by Gasteiger charge is -2.21. The number of ether oxygens (including phenoxy) is 1. The van der Waals surface area contributed by atoms with Crippen LogP contribution in [0.2, 0.25) is 0 Å². The number of halogens is 1. The van der Waals surface area contributed by atoms with Crippen LogP contribution in [0.4, 0.5) is 4.39 Å². The second kappa shape index (κ2) is 8.17. The average Bonchev–Trinajstić information content (AvgIpc) is 2.35. The van der Waals surface area contributed by atoms with Gasteiger partial charge in [0.2, 0.25) is 0 Å². The molecule has 1 aromatic carbocycles. The summed E-state index contributed by atoms with van der Waals surface area (Å²) in [5.74, 6) is -0.195. The highest BCUT2D eigenvalue weighted by Gasteiger charge is 2.05. The molecule has 3 nitrogen and oxygen atoms in total. The zero-order valence-corrected chi connectivity index (χ0v) is 10.4. The van der Waals surface area contributed by atoms with Crippen molar-refractivity contribution in [3.05, 3.63) is 35.6 Å². The van der Waals surface area contributed by atoms with E-state index in [-0.39, 0.29) is 5.82 Å². The van der Waals surface area contributed by atoms with Gasteiger partial charge in [0.05, 0.1) is 6.61 Å². The van der Waals surface area contributed by atoms with Crippen molar-refractivity contribution in [3.8, 4) is 0 Å². The van der Waals surface area contributed by atoms with E-state index in [1.54, 1.807) is 7.11 Å². The summed E-state index contributed by atoms with van der Waals surface area (Å²) >= 11 is 0. The van der Waals surface area contributed by atoms with Gasteiger partial charge in [-0.1, -0.05) is 12.1 Å². The van der Waals surface area contributed by atoms with E-state index in [1.807, 2.05) is 12.1 Å². The topological polar surface area (TPSA) is 38.5 Å². The van der Waals surface area contributed by atoms with Crippen molar-refractivity contribution in [2.24, 2.45) is 5.73 Å². The molecule has 0 aliphatic heterocycles. The van der Waals surface area contributed by atoms with E-state index in [1.165, 1.54) is 12.1 Å². The quantitative estimate of drug-likeness (QED) is 0.750. The maximum atomic E-state index is 12.8. The predicted molar refractivity (Wildman–Crippen MR) is 67.2 cm³/mol. The normalized spacial score (nSPS) is 11.1. The van der Waals surface area contributed by atoms with Crippen molar-refractivity contribution in [1.29, 1.82) is 0 Å². The number of rotatable bonds is 8. The number of nitrogens with two attached hydrogens (primary N) is 1. The largest absolute Gasteiger partial charge is 0.383 e. The van der Waals surface area contributed by atoms with Crippen LogP contribution in [0.25, 0.3) is 0 Å². The monoisotopic (exact) mass is 240 g/mol. The van der Waals surface area contributed by atoms with Crippen molar-refractivity contribution >= 4 is 0 Å². The Labute approximate surface area is 102 Å². The van der Waals surface area contributed by atoms with Crippen LogP contribution in [0, 0.1) is 5.82 Å². The van der Waals surface area contributed by atoms with E-state index in [0.29, 0.717) is 13.2 Å². The van der Waals surface area contributed by atoms with Crippen LogP contribution >= 0.6 is 0 Å². The Hall–Kier alpha value is -0.970. The lowest BCUT2D eigenvalue weighted by molar-refractivity contribution is 0.143. The highest BCUT2D eigenvalue weighted by molar-refractivity contribution is 5.15. The summed E-state index contributed by atoms with van der Waals surface area (Å²) in [7, 11) is 1.69. The zero-order chi connectivity index (χ0) is 12.5. The van der Waals surface area contributed by atoms with Crippen LogP contribution in [-0.2, 0) is 11.3 Å². The molecular weight excluding hydrogens is 219 g/mol. The molecule has 0 aromatic heterocycles. The van der Waals surface area contributed by atoms with Crippen LogP contribution < -0.4 is 5.73 Å². The first-order valence-corrected chi connectivity index (χ1v) is 5.92. The first-order chi connectivity index (χ1) is 8.26. The van der Waals surface area contributed by atoms with E-state index >= 15 is 0 Å². The van der Waals surface area contributed by atoms with Crippen LogP contribution in [-0.4, -0.2) is 38.3 Å². The number of nitrogens with zero attached hydrogens (tertiary/aromatic N) is 1. The van der Waals surface area contributed by atoms with Gasteiger partial charge in [0.25, 0.3) is 0 Å². The smallest absolute Gasteiger partial charge is 0.123 e. The van der Waals surface area contributed by atoms with Crippen molar-refractivity contribution in [1.82, 2.24) is 4.90 Å². The van der Waals surface area contributed by atoms with Crippen molar-refractivity contribution in [3.63, 3.8) is 0 Å². The SMILES string of the molecule is COCCN(CCCN)Cc1ccc(F)cc1. The van der Waals surface area contributed by atoms with E-state index in [0.717, 1.165) is 31.6 Å². The van der Waals surface area contributed by atoms with Gasteiger partial charge in [0, 0.05) is 20.2 Å². The first kappa shape index (κ1) is 14.1. The summed E-state index contributed by atoms with van der Waals surface area (Å²) in [4.78, 5) is 2.27. The zero-order valence-electron chi connectivity index (χ0n) is 10.4. The van der Waals surface area contributed by atoms with Gasteiger partial charge in [0.1, 0.15) is 5.82 Å². The fraction of sp³-hybridized carbons (Fsp3) is 0.538. The molecular formula is C13H21FN2O. The van der Waals surface area contributed by atoms with E-state index in [9.17, 15) is 4.39 Å². The van der Waals surface area contributed by atoms with Gasteiger partial charge in [-0.05, 0) is 37.2 Å². The van der Waals surface area contributed by atoms with Gasteiger partial charge in [-0.25, -0.2) is 4.39 Å². The molecule has 0 amide bonds. The highest BCUT2D eigenvalue weighted by atomic mass is 19.1. The van der Waals surface area contributed by atoms with Gasteiger partial charge < -0.3 is 10.5 Å². The number of hydrogen-bond donors (Lipinski definition) is 1. The Morgan fingerprint density at radius 3 is 2.53 bits per heavy atom. The van der Waals surface area contributed by atoms with Gasteiger partial charge in [0.15, 0.2) is 0 Å². The first-order valence-electron chi connectivity index (χ1n) is 5.92. The summed E-state index contributed by atoms with van der Waals surface area (Å²) < 4.78 is 17.9. The molecule has 0 aliphatic carbocycles. The Morgan fingerprint density at radius 2 is 1.94 bits per heavy atom. The molecule has 0 spiro atoms. The van der Waals surface area contributed by atoms with Crippen LogP contribution in [0.1, 0.15) is 12.0 Å². The second-order valence-corrected chi connectivity index (χ2v) is 4.04. The van der Waals surface area contributed by atoms with Crippen LogP contribution in [0.3, 0.4) is 0 Å². The van der Waals surface area contributed by atoms with Crippen molar-refractivity contribution < 1.29 is 9.13 Å². The Kier molecular flexibility index (Phi) is 6.77. The maximum Gasteiger partial charge on any atom is 0.123 e. The Balaban J connectivity index is 2.48. The van der Waals surface area contributed by atoms with Crippen LogP contribution in [0.5, 0.6) is 0 Å². The number of hydrogen-bond acceptors (Lipinski definition) is 3. The van der Waals surface area contributed by atoms with Crippen molar-refractivity contribution in [2.45, 2.75) is 13.0 Å². The molecule has 0 unspecified atom stereocenters. The molecule has 0 saturated heterocycles. The molecule has 0 radical (unpaired) electrons. The minimum Gasteiger partial charge on any atom is -0.383 e.